The number of carbonyl (C=O) groups is 1. The molecule has 1 amide bonds. The van der Waals surface area contributed by atoms with Gasteiger partial charge in [0.1, 0.15) is 10.6 Å². The van der Waals surface area contributed by atoms with E-state index >= 15 is 0 Å². The molecular formula is C19H25N3O6S2. The van der Waals surface area contributed by atoms with Crippen molar-refractivity contribution in [1.82, 2.24) is 9.62 Å². The van der Waals surface area contributed by atoms with E-state index in [1.54, 1.807) is 31.2 Å². The third-order valence-corrected chi connectivity index (χ3v) is 6.68. The molecule has 2 rings (SSSR count). The Balaban J connectivity index is 2.35. The Morgan fingerprint density at radius 1 is 1.07 bits per heavy atom. The Bertz CT molecular complexity index is 1140. The van der Waals surface area contributed by atoms with Crippen molar-refractivity contribution in [2.24, 2.45) is 0 Å². The van der Waals surface area contributed by atoms with Gasteiger partial charge < -0.3 is 10.1 Å². The molecular weight excluding hydrogens is 430 g/mol. The summed E-state index contributed by atoms with van der Waals surface area (Å²) in [6.45, 7) is 1.70. The smallest absolute Gasteiger partial charge is 0.251 e. The Kier molecular flexibility index (Phi) is 7.11. The van der Waals surface area contributed by atoms with E-state index in [1.165, 1.54) is 39.4 Å². The van der Waals surface area contributed by atoms with Gasteiger partial charge in [-0.2, -0.15) is 0 Å². The molecule has 0 aromatic heterocycles. The number of anilines is 1. The van der Waals surface area contributed by atoms with Crippen molar-refractivity contribution >= 4 is 31.6 Å². The summed E-state index contributed by atoms with van der Waals surface area (Å²) < 4.78 is 56.9. The van der Waals surface area contributed by atoms with Gasteiger partial charge in [0.2, 0.25) is 20.0 Å². The fourth-order valence-electron chi connectivity index (χ4n) is 2.74. The lowest BCUT2D eigenvalue weighted by Gasteiger charge is -2.19. The average Bonchev–Trinajstić information content (AvgIpc) is 2.66. The van der Waals surface area contributed by atoms with Crippen molar-refractivity contribution in [3.63, 3.8) is 0 Å². The SMILES string of the molecule is COc1ccc(C(=O)N[C@@H](C)c2ccccc2NS(C)(=O)=O)cc1S(=O)(=O)N(C)C. The van der Waals surface area contributed by atoms with Crippen LogP contribution in [0.4, 0.5) is 5.69 Å². The van der Waals surface area contributed by atoms with Crippen LogP contribution in [0.15, 0.2) is 47.4 Å². The molecule has 2 aromatic rings. The van der Waals surface area contributed by atoms with E-state index < -0.39 is 32.0 Å². The van der Waals surface area contributed by atoms with Crippen LogP contribution in [0.3, 0.4) is 0 Å². The molecule has 0 bridgehead atoms. The standard InChI is InChI=1S/C19H25N3O6S2/c1-13(15-8-6-7-9-16(15)21-29(5,24)25)20-19(23)14-10-11-17(28-4)18(12-14)30(26,27)22(2)3/h6-13,21H,1-5H3,(H,20,23)/t13-/m0/s1. The van der Waals surface area contributed by atoms with Gasteiger partial charge in [0.05, 0.1) is 25.1 Å². The molecule has 0 heterocycles. The third kappa shape index (κ3) is 5.49. The fourth-order valence-corrected chi connectivity index (χ4v) is 4.40. The van der Waals surface area contributed by atoms with Gasteiger partial charge >= 0.3 is 0 Å². The highest BCUT2D eigenvalue weighted by Crippen LogP contribution is 2.28. The van der Waals surface area contributed by atoms with Crippen molar-refractivity contribution in [2.75, 3.05) is 32.2 Å². The average molecular weight is 456 g/mol. The molecule has 0 unspecified atom stereocenters. The minimum absolute atomic E-state index is 0.121. The quantitative estimate of drug-likeness (QED) is 0.626. The molecule has 1 atom stereocenters. The van der Waals surface area contributed by atoms with Crippen LogP contribution < -0.4 is 14.8 Å². The molecule has 0 aliphatic heterocycles. The van der Waals surface area contributed by atoms with Crippen LogP contribution in [-0.2, 0) is 20.0 Å². The first-order valence-corrected chi connectivity index (χ1v) is 12.2. The van der Waals surface area contributed by atoms with Crippen molar-refractivity contribution in [3.05, 3.63) is 53.6 Å². The van der Waals surface area contributed by atoms with Gasteiger partial charge in [0.15, 0.2) is 0 Å². The fraction of sp³-hybridized carbons (Fsp3) is 0.316. The summed E-state index contributed by atoms with van der Waals surface area (Å²) in [7, 11) is -3.22. The summed E-state index contributed by atoms with van der Waals surface area (Å²) in [5, 5.41) is 2.76. The lowest BCUT2D eigenvalue weighted by atomic mass is 10.1. The predicted molar refractivity (Wildman–Crippen MR) is 115 cm³/mol. The second-order valence-electron chi connectivity index (χ2n) is 6.81. The largest absolute Gasteiger partial charge is 0.495 e. The van der Waals surface area contributed by atoms with Crippen molar-refractivity contribution < 1.29 is 26.4 Å². The number of ether oxygens (including phenoxy) is 1. The van der Waals surface area contributed by atoms with Crippen LogP contribution in [0.1, 0.15) is 28.9 Å². The first-order valence-electron chi connectivity index (χ1n) is 8.85. The highest BCUT2D eigenvalue weighted by atomic mass is 32.2. The van der Waals surface area contributed by atoms with Gasteiger partial charge in [-0.25, -0.2) is 21.1 Å². The third-order valence-electron chi connectivity index (χ3n) is 4.25. The van der Waals surface area contributed by atoms with Crippen LogP contribution in [0.2, 0.25) is 0 Å². The predicted octanol–water partition coefficient (Wildman–Crippen LogP) is 1.81. The molecule has 2 aromatic carbocycles. The van der Waals surface area contributed by atoms with Gasteiger partial charge in [-0.15, -0.1) is 0 Å². The Labute approximate surface area is 177 Å². The number of benzene rings is 2. The van der Waals surface area contributed by atoms with E-state index in [9.17, 15) is 21.6 Å². The molecule has 0 radical (unpaired) electrons. The number of nitrogens with one attached hydrogen (secondary N) is 2. The van der Waals surface area contributed by atoms with Crippen LogP contribution in [-0.4, -0.2) is 54.5 Å². The van der Waals surface area contributed by atoms with Crippen LogP contribution in [0.25, 0.3) is 0 Å². The topological polar surface area (TPSA) is 122 Å². The molecule has 0 aliphatic rings. The number of hydrogen-bond donors (Lipinski definition) is 2. The normalized spacial score (nSPS) is 13.0. The van der Waals surface area contributed by atoms with Crippen molar-refractivity contribution in [2.45, 2.75) is 17.9 Å². The molecule has 11 heteroatoms. The molecule has 164 valence electrons. The molecule has 0 saturated carbocycles. The first-order chi connectivity index (χ1) is 13.9. The lowest BCUT2D eigenvalue weighted by Crippen LogP contribution is -2.28. The number of amides is 1. The molecule has 0 aliphatic carbocycles. The highest BCUT2D eigenvalue weighted by molar-refractivity contribution is 7.92. The molecule has 0 saturated heterocycles. The lowest BCUT2D eigenvalue weighted by molar-refractivity contribution is 0.0939. The van der Waals surface area contributed by atoms with E-state index in [1.807, 2.05) is 0 Å². The van der Waals surface area contributed by atoms with Gasteiger partial charge in [-0.3, -0.25) is 9.52 Å². The van der Waals surface area contributed by atoms with Gasteiger partial charge in [-0.1, -0.05) is 18.2 Å². The summed E-state index contributed by atoms with van der Waals surface area (Å²) in [4.78, 5) is 12.6. The summed E-state index contributed by atoms with van der Waals surface area (Å²) >= 11 is 0. The second kappa shape index (κ2) is 9.02. The maximum Gasteiger partial charge on any atom is 0.251 e. The number of sulfonamides is 2. The molecule has 0 spiro atoms. The van der Waals surface area contributed by atoms with Crippen LogP contribution in [0, 0.1) is 0 Å². The Hall–Kier alpha value is -2.63. The van der Waals surface area contributed by atoms with Crippen LogP contribution >= 0.6 is 0 Å². The number of hydrogen-bond acceptors (Lipinski definition) is 6. The van der Waals surface area contributed by atoms with Gasteiger partial charge in [-0.05, 0) is 36.8 Å². The maximum absolute atomic E-state index is 12.8. The molecule has 0 fully saturated rings. The number of rotatable bonds is 8. The maximum atomic E-state index is 12.8. The van der Waals surface area contributed by atoms with E-state index in [-0.39, 0.29) is 16.2 Å². The van der Waals surface area contributed by atoms with E-state index in [0.29, 0.717) is 11.3 Å². The van der Waals surface area contributed by atoms with E-state index in [4.69, 9.17) is 4.74 Å². The zero-order chi connectivity index (χ0) is 22.7. The zero-order valence-electron chi connectivity index (χ0n) is 17.3. The summed E-state index contributed by atoms with van der Waals surface area (Å²) in [6.07, 6.45) is 1.04. The highest BCUT2D eigenvalue weighted by Gasteiger charge is 2.24. The number of methoxy groups -OCH3 is 1. The molecule has 2 N–H and O–H groups in total. The monoisotopic (exact) mass is 455 g/mol. The Morgan fingerprint density at radius 3 is 2.27 bits per heavy atom. The van der Waals surface area contributed by atoms with E-state index in [0.717, 1.165) is 10.6 Å². The summed E-state index contributed by atoms with van der Waals surface area (Å²) in [5.41, 5.74) is 1.03. The summed E-state index contributed by atoms with van der Waals surface area (Å²) in [6, 6.07) is 10.2. The first kappa shape index (κ1) is 23.6. The Morgan fingerprint density at radius 2 is 1.70 bits per heavy atom. The molecule has 30 heavy (non-hydrogen) atoms. The minimum Gasteiger partial charge on any atom is -0.495 e. The van der Waals surface area contributed by atoms with Gasteiger partial charge in [0.25, 0.3) is 5.91 Å². The molecule has 9 nitrogen and oxygen atoms in total. The van der Waals surface area contributed by atoms with E-state index in [2.05, 4.69) is 10.0 Å². The second-order valence-corrected chi connectivity index (χ2v) is 10.7. The number of nitrogens with zero attached hydrogens (tertiary/aromatic N) is 1. The number of carbonyl (C=O) groups excluding carboxylic acids is 1. The van der Waals surface area contributed by atoms with Crippen LogP contribution in [0.5, 0.6) is 5.75 Å². The summed E-state index contributed by atoms with van der Waals surface area (Å²) in [5.74, 6) is -0.398. The number of para-hydroxylation sites is 1. The van der Waals surface area contributed by atoms with Crippen molar-refractivity contribution in [3.8, 4) is 5.75 Å². The zero-order valence-corrected chi connectivity index (χ0v) is 19.0. The van der Waals surface area contributed by atoms with Gasteiger partial charge in [0, 0.05) is 19.7 Å². The minimum atomic E-state index is -3.83. The van der Waals surface area contributed by atoms with Crippen molar-refractivity contribution in [1.29, 1.82) is 0 Å².